The van der Waals surface area contributed by atoms with E-state index in [1.54, 1.807) is 80.7 Å². The van der Waals surface area contributed by atoms with Crippen molar-refractivity contribution in [2.75, 3.05) is 14.2 Å². The van der Waals surface area contributed by atoms with E-state index in [1.165, 1.54) is 10.4 Å². The molecular weight excluding hydrogens is 478 g/mol. The standard InChI is InChI=1S/C27H29N3O5S/c1-20(31)26-17-25(13-14-27(26)30-16-4-15-28-30)36(32,33)29(18-21-5-9-23(34-2)10-6-21)19-22-7-11-24(35-3)12-8-22/h4-17,20,31H,18-19H2,1-3H3. The lowest BCUT2D eigenvalue weighted by molar-refractivity contribution is 0.198. The molecule has 0 amide bonds. The molecule has 188 valence electrons. The van der Waals surface area contributed by atoms with Crippen LogP contribution in [0.2, 0.25) is 0 Å². The maximum absolute atomic E-state index is 13.9. The Morgan fingerprint density at radius 3 is 1.92 bits per heavy atom. The summed E-state index contributed by atoms with van der Waals surface area (Å²) in [6.07, 6.45) is 2.48. The lowest BCUT2D eigenvalue weighted by Crippen LogP contribution is -2.30. The Morgan fingerprint density at radius 2 is 1.47 bits per heavy atom. The smallest absolute Gasteiger partial charge is 0.243 e. The Morgan fingerprint density at radius 1 is 0.917 bits per heavy atom. The van der Waals surface area contributed by atoms with Crippen LogP contribution in [0.4, 0.5) is 0 Å². The molecule has 0 radical (unpaired) electrons. The predicted molar refractivity (Wildman–Crippen MR) is 137 cm³/mol. The van der Waals surface area contributed by atoms with E-state index in [4.69, 9.17) is 9.47 Å². The topological polar surface area (TPSA) is 93.9 Å². The van der Waals surface area contributed by atoms with Gasteiger partial charge in [-0.3, -0.25) is 0 Å². The zero-order chi connectivity index (χ0) is 25.7. The molecule has 0 fully saturated rings. The van der Waals surface area contributed by atoms with Gasteiger partial charge < -0.3 is 14.6 Å². The minimum atomic E-state index is -3.94. The predicted octanol–water partition coefficient (Wildman–Crippen LogP) is 4.33. The number of aliphatic hydroxyl groups is 1. The molecule has 0 saturated heterocycles. The number of rotatable bonds is 10. The monoisotopic (exact) mass is 507 g/mol. The normalized spacial score (nSPS) is 12.5. The van der Waals surface area contributed by atoms with Crippen LogP contribution in [0.1, 0.15) is 29.7 Å². The van der Waals surface area contributed by atoms with Crippen molar-refractivity contribution in [2.24, 2.45) is 0 Å². The fraction of sp³-hybridized carbons (Fsp3) is 0.222. The molecule has 4 aromatic rings. The van der Waals surface area contributed by atoms with Crippen molar-refractivity contribution in [1.82, 2.24) is 14.1 Å². The van der Waals surface area contributed by atoms with Crippen molar-refractivity contribution < 1.29 is 23.0 Å². The van der Waals surface area contributed by atoms with Gasteiger partial charge in [0.25, 0.3) is 0 Å². The molecule has 1 unspecified atom stereocenters. The average molecular weight is 508 g/mol. The summed E-state index contributed by atoms with van der Waals surface area (Å²) in [5.41, 5.74) is 2.72. The molecule has 1 aromatic heterocycles. The average Bonchev–Trinajstić information content (AvgIpc) is 3.43. The third-order valence-electron chi connectivity index (χ3n) is 5.87. The minimum Gasteiger partial charge on any atom is -0.497 e. The zero-order valence-electron chi connectivity index (χ0n) is 20.4. The van der Waals surface area contributed by atoms with Crippen LogP contribution in [0.3, 0.4) is 0 Å². The number of nitrogens with zero attached hydrogens (tertiary/aromatic N) is 3. The van der Waals surface area contributed by atoms with E-state index in [2.05, 4.69) is 5.10 Å². The molecule has 8 nitrogen and oxygen atoms in total. The lowest BCUT2D eigenvalue weighted by Gasteiger charge is -2.24. The van der Waals surface area contributed by atoms with Gasteiger partial charge in [-0.25, -0.2) is 13.1 Å². The number of hydrogen-bond donors (Lipinski definition) is 1. The number of sulfonamides is 1. The van der Waals surface area contributed by atoms with E-state index < -0.39 is 16.1 Å². The van der Waals surface area contributed by atoms with E-state index in [1.807, 2.05) is 24.3 Å². The summed E-state index contributed by atoms with van der Waals surface area (Å²) >= 11 is 0. The van der Waals surface area contributed by atoms with Gasteiger partial charge in [0.2, 0.25) is 10.0 Å². The molecule has 0 bridgehead atoms. The highest BCUT2D eigenvalue weighted by atomic mass is 32.2. The maximum Gasteiger partial charge on any atom is 0.243 e. The van der Waals surface area contributed by atoms with Gasteiger partial charge in [0.15, 0.2) is 0 Å². The van der Waals surface area contributed by atoms with Gasteiger partial charge in [-0.15, -0.1) is 0 Å². The summed E-state index contributed by atoms with van der Waals surface area (Å²) < 4.78 is 41.4. The van der Waals surface area contributed by atoms with Crippen LogP contribution in [0, 0.1) is 0 Å². The second kappa shape index (κ2) is 10.9. The summed E-state index contributed by atoms with van der Waals surface area (Å²) in [6, 6.07) is 21.1. The van der Waals surface area contributed by atoms with Gasteiger partial charge in [0, 0.05) is 31.0 Å². The Labute approximate surface area is 211 Å². The third-order valence-corrected chi connectivity index (χ3v) is 7.66. The summed E-state index contributed by atoms with van der Waals surface area (Å²) in [4.78, 5) is 0.0938. The van der Waals surface area contributed by atoms with E-state index >= 15 is 0 Å². The van der Waals surface area contributed by atoms with Crippen LogP contribution >= 0.6 is 0 Å². The highest BCUT2D eigenvalue weighted by Crippen LogP contribution is 2.28. The molecule has 3 aromatic carbocycles. The Kier molecular flexibility index (Phi) is 7.73. The van der Waals surface area contributed by atoms with Crippen LogP contribution in [0.25, 0.3) is 5.69 Å². The van der Waals surface area contributed by atoms with Crippen molar-refractivity contribution in [2.45, 2.75) is 31.0 Å². The first-order chi connectivity index (χ1) is 17.3. The van der Waals surface area contributed by atoms with Gasteiger partial charge >= 0.3 is 0 Å². The Balaban J connectivity index is 1.73. The van der Waals surface area contributed by atoms with Gasteiger partial charge in [0.05, 0.1) is 30.9 Å². The van der Waals surface area contributed by atoms with Crippen LogP contribution in [0.5, 0.6) is 11.5 Å². The number of benzene rings is 3. The molecule has 1 N–H and O–H groups in total. The molecule has 36 heavy (non-hydrogen) atoms. The molecule has 1 heterocycles. The molecule has 9 heteroatoms. The Hall–Kier alpha value is -3.66. The highest BCUT2D eigenvalue weighted by molar-refractivity contribution is 7.89. The van der Waals surface area contributed by atoms with Crippen LogP contribution in [0.15, 0.2) is 90.1 Å². The van der Waals surface area contributed by atoms with Gasteiger partial charge in [-0.05, 0) is 66.6 Å². The number of methoxy groups -OCH3 is 2. The first-order valence-electron chi connectivity index (χ1n) is 11.4. The van der Waals surface area contributed by atoms with Crippen LogP contribution in [-0.4, -0.2) is 41.8 Å². The zero-order valence-corrected chi connectivity index (χ0v) is 21.2. The number of aliphatic hydroxyl groups excluding tert-OH is 1. The third kappa shape index (κ3) is 5.59. The van der Waals surface area contributed by atoms with Gasteiger partial charge in [-0.2, -0.15) is 9.40 Å². The van der Waals surface area contributed by atoms with Crippen molar-refractivity contribution in [3.05, 3.63) is 102 Å². The molecule has 0 aliphatic heterocycles. The van der Waals surface area contributed by atoms with E-state index in [9.17, 15) is 13.5 Å². The molecule has 0 aliphatic carbocycles. The molecule has 0 aliphatic rings. The fourth-order valence-corrected chi connectivity index (χ4v) is 5.34. The molecule has 1 atom stereocenters. The largest absolute Gasteiger partial charge is 0.497 e. The van der Waals surface area contributed by atoms with Crippen molar-refractivity contribution >= 4 is 10.0 Å². The number of aromatic nitrogens is 2. The second-order valence-electron chi connectivity index (χ2n) is 8.32. The molecule has 0 saturated carbocycles. The van der Waals surface area contributed by atoms with Crippen molar-refractivity contribution in [3.63, 3.8) is 0 Å². The fourth-order valence-electron chi connectivity index (χ4n) is 3.89. The summed E-state index contributed by atoms with van der Waals surface area (Å²) in [5, 5.41) is 14.6. The van der Waals surface area contributed by atoms with Gasteiger partial charge in [-0.1, -0.05) is 24.3 Å². The molecular formula is C27H29N3O5S. The number of ether oxygens (including phenoxy) is 2. The summed E-state index contributed by atoms with van der Waals surface area (Å²) in [6.45, 7) is 1.91. The number of hydrogen-bond acceptors (Lipinski definition) is 6. The Bertz CT molecular complexity index is 1340. The van der Waals surface area contributed by atoms with Crippen LogP contribution in [-0.2, 0) is 23.1 Å². The minimum absolute atomic E-state index is 0.0938. The van der Waals surface area contributed by atoms with E-state index in [0.29, 0.717) is 22.7 Å². The van der Waals surface area contributed by atoms with Crippen molar-refractivity contribution in [3.8, 4) is 17.2 Å². The highest BCUT2D eigenvalue weighted by Gasteiger charge is 2.27. The summed E-state index contributed by atoms with van der Waals surface area (Å²) in [7, 11) is -0.770. The maximum atomic E-state index is 13.9. The molecule has 4 rings (SSSR count). The molecule has 0 spiro atoms. The van der Waals surface area contributed by atoms with E-state index in [0.717, 1.165) is 11.1 Å². The van der Waals surface area contributed by atoms with Crippen molar-refractivity contribution in [1.29, 1.82) is 0 Å². The SMILES string of the molecule is COc1ccc(CN(Cc2ccc(OC)cc2)S(=O)(=O)c2ccc(-n3cccn3)c(C(C)O)c2)cc1. The first kappa shape index (κ1) is 25.4. The van der Waals surface area contributed by atoms with E-state index in [-0.39, 0.29) is 18.0 Å². The second-order valence-corrected chi connectivity index (χ2v) is 10.3. The summed E-state index contributed by atoms with van der Waals surface area (Å²) in [5.74, 6) is 1.39. The quantitative estimate of drug-likeness (QED) is 0.343. The van der Waals surface area contributed by atoms with Gasteiger partial charge in [0.1, 0.15) is 11.5 Å². The van der Waals surface area contributed by atoms with Crippen LogP contribution < -0.4 is 9.47 Å². The first-order valence-corrected chi connectivity index (χ1v) is 12.8. The lowest BCUT2D eigenvalue weighted by atomic mass is 10.1.